The zero-order chi connectivity index (χ0) is 23.3. The summed E-state index contributed by atoms with van der Waals surface area (Å²) in [6, 6.07) is 16.4. The third-order valence-corrected chi connectivity index (χ3v) is 6.56. The Labute approximate surface area is 188 Å². The maximum absolute atomic E-state index is 14.9. The SMILES string of the molecule is COc1ccccc1C1C2(C)OC(=N)C1(C#N)C(C#N)(C#N)C(c1c(F)cccc1Cl)O2. The first-order valence-corrected chi connectivity index (χ1v) is 9.90. The number of nitriles is 3. The number of hydrogen-bond acceptors (Lipinski definition) is 7. The first kappa shape index (κ1) is 21.6. The van der Waals surface area contributed by atoms with Crippen LogP contribution in [0.2, 0.25) is 5.02 Å². The average Bonchev–Trinajstić information content (AvgIpc) is 2.96. The summed E-state index contributed by atoms with van der Waals surface area (Å²) in [6.45, 7) is 1.48. The molecule has 9 heteroatoms. The molecule has 2 bridgehead atoms. The predicted octanol–water partition coefficient (Wildman–Crippen LogP) is 4.61. The number of para-hydroxylation sites is 1. The largest absolute Gasteiger partial charge is 0.496 e. The lowest BCUT2D eigenvalue weighted by Crippen LogP contribution is -2.57. The van der Waals surface area contributed by atoms with E-state index < -0.39 is 40.4 Å². The van der Waals surface area contributed by atoms with Crippen LogP contribution < -0.4 is 4.74 Å². The van der Waals surface area contributed by atoms with Gasteiger partial charge in [0, 0.05) is 23.1 Å². The predicted molar refractivity (Wildman–Crippen MR) is 110 cm³/mol. The fraction of sp³-hybridized carbons (Fsp3) is 0.304. The van der Waals surface area contributed by atoms with Crippen LogP contribution in [0.4, 0.5) is 4.39 Å². The molecule has 1 N–H and O–H groups in total. The molecule has 7 nitrogen and oxygen atoms in total. The molecule has 0 radical (unpaired) electrons. The Morgan fingerprint density at radius 3 is 2.38 bits per heavy atom. The van der Waals surface area contributed by atoms with Crippen molar-refractivity contribution in [2.24, 2.45) is 10.8 Å². The van der Waals surface area contributed by atoms with Gasteiger partial charge in [-0.25, -0.2) is 4.39 Å². The lowest BCUT2D eigenvalue weighted by atomic mass is 9.52. The molecule has 2 heterocycles. The minimum atomic E-state index is -2.37. The summed E-state index contributed by atoms with van der Waals surface area (Å²) in [6.07, 6.45) is -1.61. The van der Waals surface area contributed by atoms with Crippen molar-refractivity contribution in [1.82, 2.24) is 0 Å². The zero-order valence-corrected chi connectivity index (χ0v) is 17.8. The fourth-order valence-corrected chi connectivity index (χ4v) is 5.14. The Morgan fingerprint density at radius 2 is 1.78 bits per heavy atom. The Balaban J connectivity index is 2.10. The van der Waals surface area contributed by atoms with Gasteiger partial charge in [-0.3, -0.25) is 5.41 Å². The first-order chi connectivity index (χ1) is 15.3. The Hall–Kier alpha value is -3.64. The third-order valence-electron chi connectivity index (χ3n) is 6.23. The lowest BCUT2D eigenvalue weighted by Gasteiger charge is -2.49. The molecule has 160 valence electrons. The smallest absolute Gasteiger partial charge is 0.219 e. The number of fused-ring (bicyclic) bond motifs is 2. The quantitative estimate of drug-likeness (QED) is 0.728. The number of ether oxygens (including phenoxy) is 3. The lowest BCUT2D eigenvalue weighted by molar-refractivity contribution is -0.254. The van der Waals surface area contributed by atoms with E-state index in [0.717, 1.165) is 6.07 Å². The minimum absolute atomic E-state index is 0.0803. The topological polar surface area (TPSA) is 123 Å². The molecule has 2 fully saturated rings. The Kier molecular flexibility index (Phi) is 4.86. The van der Waals surface area contributed by atoms with E-state index in [0.29, 0.717) is 11.3 Å². The van der Waals surface area contributed by atoms with Crippen molar-refractivity contribution < 1.29 is 18.6 Å². The average molecular weight is 451 g/mol. The second kappa shape index (κ2) is 7.21. The van der Waals surface area contributed by atoms with Gasteiger partial charge in [0.25, 0.3) is 0 Å². The van der Waals surface area contributed by atoms with Gasteiger partial charge < -0.3 is 14.2 Å². The normalized spacial score (nSPS) is 29.8. The van der Waals surface area contributed by atoms with E-state index in [1.807, 2.05) is 18.2 Å². The molecule has 2 aliphatic heterocycles. The van der Waals surface area contributed by atoms with Gasteiger partial charge in [-0.2, -0.15) is 15.8 Å². The van der Waals surface area contributed by atoms with Crippen LogP contribution in [0.1, 0.15) is 30.1 Å². The van der Waals surface area contributed by atoms with Crippen molar-refractivity contribution in [3.8, 4) is 24.0 Å². The van der Waals surface area contributed by atoms with Crippen LogP contribution in [-0.2, 0) is 9.47 Å². The van der Waals surface area contributed by atoms with Crippen LogP contribution >= 0.6 is 11.6 Å². The summed E-state index contributed by atoms with van der Waals surface area (Å²) in [5, 5.41) is 39.6. The van der Waals surface area contributed by atoms with Crippen LogP contribution in [0.3, 0.4) is 0 Å². The molecule has 2 aromatic rings. The zero-order valence-electron chi connectivity index (χ0n) is 17.0. The van der Waals surface area contributed by atoms with Gasteiger partial charge in [-0.15, -0.1) is 0 Å². The standard InChI is InChI=1S/C23H16ClFN4O3/c1-21-18(13-6-3-4-9-16(13)30-2)23(12-28,20(29)32-21)22(10-26,11-27)19(31-21)17-14(24)7-5-8-15(17)25/h3-9,18-19,29H,1-2H3. The maximum atomic E-state index is 14.9. The number of hydrogen-bond donors (Lipinski definition) is 1. The summed E-state index contributed by atoms with van der Waals surface area (Å²) in [4.78, 5) is 0. The highest BCUT2D eigenvalue weighted by Crippen LogP contribution is 2.70. The first-order valence-electron chi connectivity index (χ1n) is 9.52. The van der Waals surface area contributed by atoms with Crippen molar-refractivity contribution in [2.45, 2.75) is 24.7 Å². The second-order valence-corrected chi connectivity index (χ2v) is 8.11. The van der Waals surface area contributed by atoms with E-state index in [1.165, 1.54) is 26.2 Å². The Bertz CT molecular complexity index is 1230. The summed E-state index contributed by atoms with van der Waals surface area (Å²) in [5.74, 6) is -3.87. The van der Waals surface area contributed by atoms with E-state index >= 15 is 0 Å². The van der Waals surface area contributed by atoms with Crippen LogP contribution in [0.15, 0.2) is 42.5 Å². The molecule has 4 atom stereocenters. The van der Waals surface area contributed by atoms with Gasteiger partial charge in [-0.05, 0) is 18.2 Å². The summed E-state index contributed by atoms with van der Waals surface area (Å²) in [7, 11) is 1.43. The van der Waals surface area contributed by atoms with Gasteiger partial charge in [0.1, 0.15) is 17.7 Å². The van der Waals surface area contributed by atoms with E-state index in [-0.39, 0.29) is 10.6 Å². The molecule has 32 heavy (non-hydrogen) atoms. The van der Waals surface area contributed by atoms with Crippen molar-refractivity contribution in [1.29, 1.82) is 21.2 Å². The Morgan fingerprint density at radius 1 is 1.09 bits per heavy atom. The molecular weight excluding hydrogens is 435 g/mol. The third kappa shape index (κ3) is 2.44. The number of nitrogens with zero attached hydrogens (tertiary/aromatic N) is 3. The molecule has 0 aliphatic carbocycles. The molecule has 0 spiro atoms. The van der Waals surface area contributed by atoms with E-state index in [1.54, 1.807) is 24.3 Å². The van der Waals surface area contributed by atoms with Crippen LogP contribution in [0, 0.1) is 56.0 Å². The highest BCUT2D eigenvalue weighted by atomic mass is 35.5. The van der Waals surface area contributed by atoms with Crippen molar-refractivity contribution in [3.05, 3.63) is 64.4 Å². The molecule has 0 saturated carbocycles. The number of methoxy groups -OCH3 is 1. The number of benzene rings is 2. The number of rotatable bonds is 3. The van der Waals surface area contributed by atoms with Crippen LogP contribution in [0.25, 0.3) is 0 Å². The summed E-state index contributed by atoms with van der Waals surface area (Å²) >= 11 is 6.26. The van der Waals surface area contributed by atoms with Gasteiger partial charge >= 0.3 is 0 Å². The van der Waals surface area contributed by atoms with Crippen molar-refractivity contribution >= 4 is 17.5 Å². The minimum Gasteiger partial charge on any atom is -0.496 e. The van der Waals surface area contributed by atoms with E-state index in [2.05, 4.69) is 0 Å². The number of nitrogens with one attached hydrogen (secondary N) is 1. The molecule has 0 amide bonds. The van der Waals surface area contributed by atoms with Crippen LogP contribution in [-0.4, -0.2) is 18.8 Å². The maximum Gasteiger partial charge on any atom is 0.219 e. The summed E-state index contributed by atoms with van der Waals surface area (Å²) in [5.41, 5.74) is -4.35. The van der Waals surface area contributed by atoms with Gasteiger partial charge in [0.15, 0.2) is 5.41 Å². The van der Waals surface area contributed by atoms with E-state index in [4.69, 9.17) is 31.2 Å². The highest BCUT2D eigenvalue weighted by molar-refractivity contribution is 6.31. The van der Waals surface area contributed by atoms with Gasteiger partial charge in [-0.1, -0.05) is 35.9 Å². The van der Waals surface area contributed by atoms with E-state index in [9.17, 15) is 20.2 Å². The molecule has 2 aliphatic rings. The fourth-order valence-electron chi connectivity index (χ4n) is 4.87. The molecule has 4 unspecified atom stereocenters. The molecule has 2 aromatic carbocycles. The second-order valence-electron chi connectivity index (χ2n) is 7.71. The van der Waals surface area contributed by atoms with Crippen molar-refractivity contribution in [2.75, 3.05) is 7.11 Å². The molecule has 0 aromatic heterocycles. The van der Waals surface area contributed by atoms with Crippen LogP contribution in [0.5, 0.6) is 5.75 Å². The molecule has 4 rings (SSSR count). The van der Waals surface area contributed by atoms with Gasteiger partial charge in [0.05, 0.1) is 31.2 Å². The summed E-state index contributed by atoms with van der Waals surface area (Å²) < 4.78 is 32.2. The molecule has 2 saturated heterocycles. The highest BCUT2D eigenvalue weighted by Gasteiger charge is 2.80. The van der Waals surface area contributed by atoms with Gasteiger partial charge in [0.2, 0.25) is 17.1 Å². The van der Waals surface area contributed by atoms with Crippen molar-refractivity contribution in [3.63, 3.8) is 0 Å². The molecular formula is C23H16ClFN4O3. The number of halogens is 2. The monoisotopic (exact) mass is 450 g/mol.